The van der Waals surface area contributed by atoms with Gasteiger partial charge in [-0.1, -0.05) is 13.8 Å². The molecule has 0 bridgehead atoms. The van der Waals surface area contributed by atoms with E-state index in [1.165, 1.54) is 22.9 Å². The molecule has 1 aromatic rings. The van der Waals surface area contributed by atoms with E-state index in [-0.39, 0.29) is 11.1 Å². The zero-order valence-electron chi connectivity index (χ0n) is 9.64. The third-order valence-electron chi connectivity index (χ3n) is 2.41. The second kappa shape index (κ2) is 5.49. The van der Waals surface area contributed by atoms with Gasteiger partial charge in [0.15, 0.2) is 0 Å². The first-order valence-corrected chi connectivity index (χ1v) is 5.44. The molecule has 0 fully saturated rings. The van der Waals surface area contributed by atoms with Crippen molar-refractivity contribution < 1.29 is 9.90 Å². The van der Waals surface area contributed by atoms with Crippen LogP contribution < -0.4 is 5.56 Å². The second-order valence-corrected chi connectivity index (χ2v) is 4.29. The van der Waals surface area contributed by atoms with E-state index in [0.717, 1.165) is 12.8 Å². The van der Waals surface area contributed by atoms with Gasteiger partial charge in [0, 0.05) is 18.8 Å². The molecule has 1 rings (SSSR count). The van der Waals surface area contributed by atoms with Crippen molar-refractivity contribution >= 4 is 5.97 Å². The normalized spacial score (nSPS) is 10.7. The lowest BCUT2D eigenvalue weighted by Gasteiger charge is -2.07. The number of pyridine rings is 1. The van der Waals surface area contributed by atoms with Crippen LogP contribution in [0.15, 0.2) is 23.1 Å². The van der Waals surface area contributed by atoms with Crippen LogP contribution in [0.25, 0.3) is 0 Å². The molecule has 0 aliphatic carbocycles. The molecule has 4 heteroatoms. The number of carbonyl (C=O) groups is 1. The quantitative estimate of drug-likeness (QED) is 0.830. The largest absolute Gasteiger partial charge is 0.478 e. The maximum Gasteiger partial charge on any atom is 0.337 e. The first-order chi connectivity index (χ1) is 7.50. The number of rotatable bonds is 5. The molecule has 0 atom stereocenters. The van der Waals surface area contributed by atoms with Gasteiger partial charge in [0.2, 0.25) is 0 Å². The molecule has 88 valence electrons. The Labute approximate surface area is 94.5 Å². The summed E-state index contributed by atoms with van der Waals surface area (Å²) in [5, 5.41) is 8.80. The van der Waals surface area contributed by atoms with E-state index in [4.69, 9.17) is 5.11 Å². The number of carboxylic acid groups (broad SMARTS) is 1. The Balaban J connectivity index is 2.75. The summed E-state index contributed by atoms with van der Waals surface area (Å²) in [4.78, 5) is 22.2. The summed E-state index contributed by atoms with van der Waals surface area (Å²) in [6.45, 7) is 4.82. The summed E-state index contributed by atoms with van der Waals surface area (Å²) in [5.74, 6) is -0.407. The fourth-order valence-electron chi connectivity index (χ4n) is 1.50. The lowest BCUT2D eigenvalue weighted by Crippen LogP contribution is -2.20. The summed E-state index contributed by atoms with van der Waals surface area (Å²) < 4.78 is 1.46. The van der Waals surface area contributed by atoms with Crippen LogP contribution in [0.1, 0.15) is 37.0 Å². The van der Waals surface area contributed by atoms with E-state index in [9.17, 15) is 9.59 Å². The van der Waals surface area contributed by atoms with Gasteiger partial charge in [-0.15, -0.1) is 0 Å². The van der Waals surface area contributed by atoms with Crippen LogP contribution in [0, 0.1) is 5.92 Å². The average Bonchev–Trinajstić information content (AvgIpc) is 2.20. The summed E-state index contributed by atoms with van der Waals surface area (Å²) in [6, 6.07) is 2.64. The van der Waals surface area contributed by atoms with Crippen molar-refractivity contribution in [1.29, 1.82) is 0 Å². The van der Waals surface area contributed by atoms with Crippen LogP contribution in [0.4, 0.5) is 0 Å². The Morgan fingerprint density at radius 1 is 1.44 bits per heavy atom. The SMILES string of the molecule is CC(C)CCCn1cc(C(=O)O)ccc1=O. The highest BCUT2D eigenvalue weighted by molar-refractivity contribution is 5.87. The third kappa shape index (κ3) is 3.53. The molecule has 0 aliphatic heterocycles. The highest BCUT2D eigenvalue weighted by atomic mass is 16.4. The molecular weight excluding hydrogens is 206 g/mol. The fraction of sp³-hybridized carbons (Fsp3) is 0.500. The number of carboxylic acids is 1. The summed E-state index contributed by atoms with van der Waals surface area (Å²) in [7, 11) is 0. The summed E-state index contributed by atoms with van der Waals surface area (Å²) in [5.41, 5.74) is 0.0119. The molecule has 4 nitrogen and oxygen atoms in total. The van der Waals surface area contributed by atoms with Gasteiger partial charge in [-0.25, -0.2) is 4.79 Å². The van der Waals surface area contributed by atoms with Gasteiger partial charge in [0.05, 0.1) is 5.56 Å². The predicted molar refractivity (Wildman–Crippen MR) is 61.7 cm³/mol. The predicted octanol–water partition coefficient (Wildman–Crippen LogP) is 1.98. The van der Waals surface area contributed by atoms with Crippen LogP contribution >= 0.6 is 0 Å². The maximum atomic E-state index is 11.4. The van der Waals surface area contributed by atoms with Crippen LogP contribution in [0.3, 0.4) is 0 Å². The van der Waals surface area contributed by atoms with Gasteiger partial charge >= 0.3 is 5.97 Å². The fourth-order valence-corrected chi connectivity index (χ4v) is 1.50. The molecule has 1 N–H and O–H groups in total. The van der Waals surface area contributed by atoms with Crippen LogP contribution in [0.2, 0.25) is 0 Å². The van der Waals surface area contributed by atoms with Crippen LogP contribution in [-0.2, 0) is 6.54 Å². The Morgan fingerprint density at radius 3 is 2.69 bits per heavy atom. The molecule has 0 saturated carbocycles. The summed E-state index contributed by atoms with van der Waals surface area (Å²) in [6.07, 6.45) is 3.33. The Kier molecular flexibility index (Phi) is 4.28. The summed E-state index contributed by atoms with van der Waals surface area (Å²) >= 11 is 0. The van der Waals surface area contributed by atoms with Gasteiger partial charge < -0.3 is 9.67 Å². The lowest BCUT2D eigenvalue weighted by molar-refractivity contribution is 0.0695. The van der Waals surface area contributed by atoms with Gasteiger partial charge in [-0.2, -0.15) is 0 Å². The number of aryl methyl sites for hydroxylation is 1. The van der Waals surface area contributed by atoms with E-state index >= 15 is 0 Å². The third-order valence-corrected chi connectivity index (χ3v) is 2.41. The number of hydrogen-bond donors (Lipinski definition) is 1. The molecule has 0 spiro atoms. The standard InChI is InChI=1S/C12H17NO3/c1-9(2)4-3-7-13-8-10(12(15)16)5-6-11(13)14/h5-6,8-9H,3-4,7H2,1-2H3,(H,15,16). The zero-order valence-corrected chi connectivity index (χ0v) is 9.64. The van der Waals surface area contributed by atoms with Crippen molar-refractivity contribution in [3.8, 4) is 0 Å². The van der Waals surface area contributed by atoms with Gasteiger partial charge in [-0.05, 0) is 24.8 Å². The minimum Gasteiger partial charge on any atom is -0.478 e. The molecule has 0 radical (unpaired) electrons. The monoisotopic (exact) mass is 223 g/mol. The van der Waals surface area contributed by atoms with E-state index in [1.807, 2.05) is 0 Å². The molecule has 0 amide bonds. The first-order valence-electron chi connectivity index (χ1n) is 5.44. The number of nitrogens with zero attached hydrogens (tertiary/aromatic N) is 1. The molecule has 0 unspecified atom stereocenters. The second-order valence-electron chi connectivity index (χ2n) is 4.29. The topological polar surface area (TPSA) is 59.3 Å². The number of aromatic nitrogens is 1. The molecule has 1 heterocycles. The van der Waals surface area contributed by atoms with Crippen molar-refractivity contribution in [2.24, 2.45) is 5.92 Å². The van der Waals surface area contributed by atoms with Gasteiger partial charge in [-0.3, -0.25) is 4.79 Å². The Morgan fingerprint density at radius 2 is 2.12 bits per heavy atom. The molecule has 1 aromatic heterocycles. The van der Waals surface area contributed by atoms with Crippen molar-refractivity contribution in [3.63, 3.8) is 0 Å². The molecule has 0 saturated heterocycles. The smallest absolute Gasteiger partial charge is 0.337 e. The van der Waals surface area contributed by atoms with Gasteiger partial charge in [0.25, 0.3) is 5.56 Å². The molecule has 0 aromatic carbocycles. The molecule has 16 heavy (non-hydrogen) atoms. The highest BCUT2D eigenvalue weighted by Gasteiger charge is 2.05. The van der Waals surface area contributed by atoms with Gasteiger partial charge in [0.1, 0.15) is 0 Å². The van der Waals surface area contributed by atoms with E-state index in [2.05, 4.69) is 13.8 Å². The van der Waals surface area contributed by atoms with E-state index < -0.39 is 5.97 Å². The van der Waals surface area contributed by atoms with E-state index in [1.54, 1.807) is 0 Å². The number of aromatic carboxylic acids is 1. The van der Waals surface area contributed by atoms with Crippen molar-refractivity contribution in [3.05, 3.63) is 34.2 Å². The maximum absolute atomic E-state index is 11.4. The minimum absolute atomic E-state index is 0.145. The molecular formula is C12H17NO3. The van der Waals surface area contributed by atoms with Crippen LogP contribution in [-0.4, -0.2) is 15.6 Å². The average molecular weight is 223 g/mol. The highest BCUT2D eigenvalue weighted by Crippen LogP contribution is 2.05. The minimum atomic E-state index is -1.00. The van der Waals surface area contributed by atoms with E-state index in [0.29, 0.717) is 12.5 Å². The Bertz CT molecular complexity index is 421. The van der Waals surface area contributed by atoms with Crippen molar-refractivity contribution in [1.82, 2.24) is 4.57 Å². The van der Waals surface area contributed by atoms with Crippen LogP contribution in [0.5, 0.6) is 0 Å². The first kappa shape index (κ1) is 12.5. The molecule has 0 aliphatic rings. The number of hydrogen-bond acceptors (Lipinski definition) is 2. The lowest BCUT2D eigenvalue weighted by atomic mass is 10.1. The van der Waals surface area contributed by atoms with Crippen molar-refractivity contribution in [2.45, 2.75) is 33.2 Å². The Hall–Kier alpha value is -1.58. The van der Waals surface area contributed by atoms with Crippen molar-refractivity contribution in [2.75, 3.05) is 0 Å². The zero-order chi connectivity index (χ0) is 12.1.